The molecular weight excluding hydrogens is 1020 g/mol. The summed E-state index contributed by atoms with van der Waals surface area (Å²) in [4.78, 5) is 38.4. The van der Waals surface area contributed by atoms with Gasteiger partial charge < -0.3 is 14.2 Å². The summed E-state index contributed by atoms with van der Waals surface area (Å²) in [6.45, 7) is 6.32. The zero-order valence-electron chi connectivity index (χ0n) is 53.4. The molecule has 0 radical (unpaired) electrons. The zero-order chi connectivity index (χ0) is 59.9. The van der Waals surface area contributed by atoms with Gasteiger partial charge in [0.05, 0.1) is 0 Å². The highest BCUT2D eigenvalue weighted by Crippen LogP contribution is 2.15. The molecule has 6 nitrogen and oxygen atoms in total. The van der Waals surface area contributed by atoms with Crippen LogP contribution in [0.25, 0.3) is 0 Å². The third-order valence-electron chi connectivity index (χ3n) is 13.7. The van der Waals surface area contributed by atoms with Gasteiger partial charge in [0.2, 0.25) is 0 Å². The summed E-state index contributed by atoms with van der Waals surface area (Å²) in [6.07, 6.45) is 102. The van der Waals surface area contributed by atoms with Crippen LogP contribution in [-0.4, -0.2) is 37.2 Å². The van der Waals surface area contributed by atoms with Gasteiger partial charge in [-0.2, -0.15) is 0 Å². The van der Waals surface area contributed by atoms with Crippen LogP contribution in [-0.2, 0) is 28.6 Å². The summed E-state index contributed by atoms with van der Waals surface area (Å²) < 4.78 is 16.9. The van der Waals surface area contributed by atoms with Crippen LogP contribution in [0.4, 0.5) is 0 Å². The van der Waals surface area contributed by atoms with E-state index in [1.165, 1.54) is 103 Å². The molecule has 0 aromatic carbocycles. The maximum Gasteiger partial charge on any atom is 0.306 e. The van der Waals surface area contributed by atoms with Crippen molar-refractivity contribution < 1.29 is 28.6 Å². The lowest BCUT2D eigenvalue weighted by atomic mass is 10.1. The maximum absolute atomic E-state index is 12.9. The lowest BCUT2D eigenvalue weighted by Crippen LogP contribution is -2.30. The van der Waals surface area contributed by atoms with Gasteiger partial charge in [0.1, 0.15) is 13.2 Å². The Hall–Kier alpha value is -5.23. The summed E-state index contributed by atoms with van der Waals surface area (Å²) in [5, 5.41) is 0. The number of unbranched alkanes of at least 4 members (excludes halogenated alkanes) is 20. The largest absolute Gasteiger partial charge is 0.462 e. The Bertz CT molecular complexity index is 1890. The van der Waals surface area contributed by atoms with Crippen LogP contribution in [0.15, 0.2) is 170 Å². The van der Waals surface area contributed by atoms with Gasteiger partial charge in [0.25, 0.3) is 0 Å². The van der Waals surface area contributed by atoms with Gasteiger partial charge in [0.15, 0.2) is 6.10 Å². The summed E-state index contributed by atoms with van der Waals surface area (Å²) in [7, 11) is 0. The van der Waals surface area contributed by atoms with Crippen LogP contribution in [0.1, 0.15) is 278 Å². The number of rotatable bonds is 59. The lowest BCUT2D eigenvalue weighted by molar-refractivity contribution is -0.166. The van der Waals surface area contributed by atoms with Gasteiger partial charge in [-0.3, -0.25) is 14.4 Å². The van der Waals surface area contributed by atoms with Crippen LogP contribution >= 0.6 is 0 Å². The van der Waals surface area contributed by atoms with Gasteiger partial charge in [-0.25, -0.2) is 0 Å². The molecule has 0 bridgehead atoms. The molecule has 0 aliphatic rings. The van der Waals surface area contributed by atoms with Crippen LogP contribution in [0, 0.1) is 0 Å². The van der Waals surface area contributed by atoms with Crippen molar-refractivity contribution in [1.29, 1.82) is 0 Å². The summed E-state index contributed by atoms with van der Waals surface area (Å²) in [5.74, 6) is -1.05. The van der Waals surface area contributed by atoms with Crippen molar-refractivity contribution in [2.24, 2.45) is 0 Å². The highest BCUT2D eigenvalue weighted by atomic mass is 16.6. The molecule has 0 amide bonds. The topological polar surface area (TPSA) is 78.9 Å². The third kappa shape index (κ3) is 67.4. The minimum absolute atomic E-state index is 0.127. The molecule has 1 unspecified atom stereocenters. The Morgan fingerprint density at radius 3 is 0.831 bits per heavy atom. The van der Waals surface area contributed by atoms with Gasteiger partial charge in [0, 0.05) is 19.3 Å². The van der Waals surface area contributed by atoms with Crippen molar-refractivity contribution in [2.45, 2.75) is 284 Å². The fourth-order valence-corrected chi connectivity index (χ4v) is 8.74. The Balaban J connectivity index is 4.57. The van der Waals surface area contributed by atoms with Crippen molar-refractivity contribution in [3.05, 3.63) is 170 Å². The second-order valence-corrected chi connectivity index (χ2v) is 21.6. The molecule has 0 aliphatic carbocycles. The number of carbonyl (C=O) groups excluding carboxylic acids is 3. The second-order valence-electron chi connectivity index (χ2n) is 21.6. The molecule has 0 heterocycles. The van der Waals surface area contributed by atoms with Crippen molar-refractivity contribution >= 4 is 17.9 Å². The molecule has 466 valence electrons. The van der Waals surface area contributed by atoms with Gasteiger partial charge >= 0.3 is 17.9 Å². The monoisotopic (exact) mass is 1140 g/mol. The zero-order valence-corrected chi connectivity index (χ0v) is 53.4. The molecule has 1 atom stereocenters. The first-order chi connectivity index (χ1) is 41.0. The quantitative estimate of drug-likeness (QED) is 0.0261. The molecule has 0 saturated heterocycles. The Labute approximate surface area is 511 Å². The van der Waals surface area contributed by atoms with E-state index in [0.717, 1.165) is 128 Å². The van der Waals surface area contributed by atoms with Gasteiger partial charge in [-0.15, -0.1) is 0 Å². The smallest absolute Gasteiger partial charge is 0.306 e. The Kier molecular flexibility index (Phi) is 64.9. The third-order valence-corrected chi connectivity index (χ3v) is 13.7. The van der Waals surface area contributed by atoms with Crippen LogP contribution in [0.2, 0.25) is 0 Å². The molecule has 0 aliphatic heterocycles. The average Bonchev–Trinajstić information content (AvgIpc) is 3.50. The predicted octanol–water partition coefficient (Wildman–Crippen LogP) is 23.4. The molecule has 83 heavy (non-hydrogen) atoms. The van der Waals surface area contributed by atoms with E-state index < -0.39 is 6.10 Å². The standard InChI is InChI=1S/C77H122O6/c1-4-7-10-13-16-19-22-25-28-31-34-36-37-38-39-41-43-46-49-52-55-58-61-64-67-70-76(79)82-73-74(72-81-75(78)69-66-63-60-57-54-51-48-45-42-33-30-27-24-21-18-15-12-9-6-3)83-77(80)71-68-65-62-59-56-53-50-47-44-40-35-32-29-26-23-20-17-14-11-8-5-2/h7,9-10,12,16,18-19,21,25,27-28,30,32,34-36,38-39,42-43,45-46,51-52,54-55,60,63,74H,4-6,8,11,13-15,17,20,22-24,26,29,31,33,37,40-41,44,47-50,53,56-59,61-62,64-73H2,1-3H3/b10-7-,12-9-,19-16-,21-18-,28-25-,30-27-,35-32-,36-34-,39-38-,45-42-,46-43-,54-51-,55-52-,63-60-. The first-order valence-electron chi connectivity index (χ1n) is 33.6. The molecule has 0 rings (SSSR count). The molecule has 0 aromatic heterocycles. The van der Waals surface area contributed by atoms with Crippen molar-refractivity contribution in [3.63, 3.8) is 0 Å². The summed E-state index contributed by atoms with van der Waals surface area (Å²) in [5.41, 5.74) is 0. The molecular formula is C77H122O6. The molecule has 6 heteroatoms. The van der Waals surface area contributed by atoms with E-state index in [9.17, 15) is 14.4 Å². The SMILES string of the molecule is CC/C=C\C/C=C\C/C=C\C/C=C\C/C=C\C/C=C\C/C=C\CCCCCC(=O)OCC(COC(=O)CC/C=C\C/C=C\C/C=C\C/C=C\C/C=C\C/C=C\CC)OC(=O)CCCCCCCCCCC/C=C\CCCCCCCCCC. The first-order valence-corrected chi connectivity index (χ1v) is 33.6. The van der Waals surface area contributed by atoms with E-state index in [4.69, 9.17) is 14.2 Å². The summed E-state index contributed by atoms with van der Waals surface area (Å²) in [6, 6.07) is 0. The number of ether oxygens (including phenoxy) is 3. The van der Waals surface area contributed by atoms with Crippen LogP contribution in [0.5, 0.6) is 0 Å². The first kappa shape index (κ1) is 77.8. The number of esters is 3. The van der Waals surface area contributed by atoms with Crippen molar-refractivity contribution in [2.75, 3.05) is 13.2 Å². The molecule has 0 aromatic rings. The second kappa shape index (κ2) is 69.3. The van der Waals surface area contributed by atoms with Crippen molar-refractivity contribution in [3.8, 4) is 0 Å². The molecule has 0 saturated carbocycles. The van der Waals surface area contributed by atoms with Gasteiger partial charge in [-0.1, -0.05) is 287 Å². The van der Waals surface area contributed by atoms with Crippen molar-refractivity contribution in [1.82, 2.24) is 0 Å². The average molecular weight is 1140 g/mol. The van der Waals surface area contributed by atoms with Gasteiger partial charge in [-0.05, 0) is 141 Å². The minimum atomic E-state index is -0.835. The van der Waals surface area contributed by atoms with Crippen LogP contribution < -0.4 is 0 Å². The lowest BCUT2D eigenvalue weighted by Gasteiger charge is -2.18. The Morgan fingerprint density at radius 2 is 0.494 bits per heavy atom. The highest BCUT2D eigenvalue weighted by molar-refractivity contribution is 5.71. The molecule has 0 fully saturated rings. The van der Waals surface area contributed by atoms with Crippen LogP contribution in [0.3, 0.4) is 0 Å². The number of hydrogen-bond donors (Lipinski definition) is 0. The van der Waals surface area contributed by atoms with E-state index >= 15 is 0 Å². The predicted molar refractivity (Wildman–Crippen MR) is 361 cm³/mol. The van der Waals surface area contributed by atoms with E-state index in [-0.39, 0.29) is 37.5 Å². The number of allylic oxidation sites excluding steroid dienone is 28. The van der Waals surface area contributed by atoms with E-state index in [0.29, 0.717) is 19.3 Å². The van der Waals surface area contributed by atoms with E-state index in [1.54, 1.807) is 0 Å². The molecule has 0 N–H and O–H groups in total. The molecule has 0 spiro atoms. The normalized spacial score (nSPS) is 13.2. The fourth-order valence-electron chi connectivity index (χ4n) is 8.74. The highest BCUT2D eigenvalue weighted by Gasteiger charge is 2.19. The maximum atomic E-state index is 12.9. The van der Waals surface area contributed by atoms with E-state index in [1.807, 2.05) is 6.08 Å². The summed E-state index contributed by atoms with van der Waals surface area (Å²) >= 11 is 0. The number of hydrogen-bond acceptors (Lipinski definition) is 6. The Morgan fingerprint density at radius 1 is 0.253 bits per heavy atom. The number of carbonyl (C=O) groups is 3. The van der Waals surface area contributed by atoms with E-state index in [2.05, 4.69) is 185 Å². The fraction of sp³-hybridized carbons (Fsp3) is 0.597. The minimum Gasteiger partial charge on any atom is -0.462 e.